The second-order valence-corrected chi connectivity index (χ2v) is 5.37. The molecule has 1 N–H and O–H groups in total. The van der Waals surface area contributed by atoms with Crippen LogP contribution < -0.4 is 5.43 Å². The van der Waals surface area contributed by atoms with E-state index in [1.807, 2.05) is 25.4 Å². The molecule has 2 aromatic rings. The maximum atomic E-state index is 12.1. The number of thiazole rings is 1. The van der Waals surface area contributed by atoms with Gasteiger partial charge in [0.2, 0.25) is 0 Å². The molecule has 2 rings (SSSR count). The zero-order chi connectivity index (χ0) is 13.8. The normalized spacial score (nSPS) is 12.1. The molecule has 0 aliphatic rings. The van der Waals surface area contributed by atoms with Crippen molar-refractivity contribution in [3.05, 3.63) is 23.0 Å². The summed E-state index contributed by atoms with van der Waals surface area (Å²) in [5.41, 5.74) is 4.84. The Morgan fingerprint density at radius 1 is 1.58 bits per heavy atom. The van der Waals surface area contributed by atoms with Gasteiger partial charge in [-0.2, -0.15) is 5.10 Å². The Hall–Kier alpha value is -1.69. The van der Waals surface area contributed by atoms with Gasteiger partial charge >= 0.3 is 0 Å². The molecule has 1 amide bonds. The summed E-state index contributed by atoms with van der Waals surface area (Å²) in [5, 5.41) is 6.04. The molecular weight excluding hydrogens is 260 g/mol. The fourth-order valence-corrected chi connectivity index (χ4v) is 2.61. The molecule has 0 fully saturated rings. The summed E-state index contributed by atoms with van der Waals surface area (Å²) in [6.07, 6.45) is 4.97. The summed E-state index contributed by atoms with van der Waals surface area (Å²) in [6.45, 7) is 5.90. The van der Waals surface area contributed by atoms with Gasteiger partial charge in [-0.3, -0.25) is 9.20 Å². The average molecular weight is 278 g/mol. The minimum Gasteiger partial charge on any atom is -0.286 e. The van der Waals surface area contributed by atoms with Gasteiger partial charge < -0.3 is 0 Å². The lowest BCUT2D eigenvalue weighted by atomic mass is 10.2. The van der Waals surface area contributed by atoms with Gasteiger partial charge in [-0.15, -0.1) is 11.3 Å². The molecule has 0 aromatic carbocycles. The smallest absolute Gasteiger partial charge is 0.286 e. The third-order valence-corrected chi connectivity index (χ3v) is 3.65. The summed E-state index contributed by atoms with van der Waals surface area (Å²) in [6, 6.07) is 0. The molecule has 0 aliphatic heterocycles. The van der Waals surface area contributed by atoms with Crippen LogP contribution in [0, 0.1) is 6.92 Å². The number of amides is 1. The number of nitrogens with zero attached hydrogens (tertiary/aromatic N) is 3. The van der Waals surface area contributed by atoms with Gasteiger partial charge in [0.1, 0.15) is 5.69 Å². The van der Waals surface area contributed by atoms with Crippen molar-refractivity contribution in [2.75, 3.05) is 0 Å². The fourth-order valence-electron chi connectivity index (χ4n) is 1.86. The van der Waals surface area contributed by atoms with Crippen LogP contribution in [0.4, 0.5) is 0 Å². The third kappa shape index (κ3) is 3.01. The number of rotatable bonds is 5. The zero-order valence-electron chi connectivity index (χ0n) is 11.4. The van der Waals surface area contributed by atoms with Crippen LogP contribution in [0.1, 0.15) is 49.3 Å². The number of fused-ring (bicyclic) bond motifs is 1. The summed E-state index contributed by atoms with van der Waals surface area (Å²) >= 11 is 1.51. The molecule has 0 atom stereocenters. The number of carbonyl (C=O) groups is 1. The monoisotopic (exact) mass is 278 g/mol. The van der Waals surface area contributed by atoms with E-state index in [1.54, 1.807) is 4.40 Å². The van der Waals surface area contributed by atoms with Gasteiger partial charge in [0.15, 0.2) is 4.96 Å². The number of unbranched alkanes of at least 4 members (excludes halogenated alkanes) is 1. The molecule has 5 nitrogen and oxygen atoms in total. The van der Waals surface area contributed by atoms with E-state index >= 15 is 0 Å². The second kappa shape index (κ2) is 5.97. The van der Waals surface area contributed by atoms with Crippen LogP contribution in [0.25, 0.3) is 4.96 Å². The van der Waals surface area contributed by atoms with Gasteiger partial charge in [0.25, 0.3) is 5.91 Å². The SMILES string of the molecule is CCCC/C(C)=N\NC(=O)c1c(C)nc2sccn12. The van der Waals surface area contributed by atoms with Crippen LogP contribution in [0.3, 0.4) is 0 Å². The molecule has 102 valence electrons. The summed E-state index contributed by atoms with van der Waals surface area (Å²) in [4.78, 5) is 17.3. The van der Waals surface area contributed by atoms with Gasteiger partial charge in [-0.05, 0) is 26.7 Å². The van der Waals surface area contributed by atoms with E-state index in [0.29, 0.717) is 5.69 Å². The van der Waals surface area contributed by atoms with Crippen LogP contribution in [0.5, 0.6) is 0 Å². The highest BCUT2D eigenvalue weighted by Gasteiger charge is 2.16. The standard InChI is InChI=1S/C13H18N4OS/c1-4-5-6-9(2)15-16-12(18)11-10(3)14-13-17(11)7-8-19-13/h7-8H,4-6H2,1-3H3,(H,16,18)/b15-9-. The summed E-state index contributed by atoms with van der Waals surface area (Å²) in [5.74, 6) is -0.209. The summed E-state index contributed by atoms with van der Waals surface area (Å²) in [7, 11) is 0. The Bertz CT molecular complexity index is 611. The maximum absolute atomic E-state index is 12.1. The molecular formula is C13H18N4OS. The Balaban J connectivity index is 2.11. The van der Waals surface area contributed by atoms with E-state index in [4.69, 9.17) is 0 Å². The minimum absolute atomic E-state index is 0.209. The van der Waals surface area contributed by atoms with E-state index in [0.717, 1.165) is 35.6 Å². The second-order valence-electron chi connectivity index (χ2n) is 4.49. The van der Waals surface area contributed by atoms with Crippen molar-refractivity contribution in [2.24, 2.45) is 5.10 Å². The highest BCUT2D eigenvalue weighted by atomic mass is 32.1. The molecule has 2 heterocycles. The van der Waals surface area contributed by atoms with Crippen LogP contribution in [0.2, 0.25) is 0 Å². The lowest BCUT2D eigenvalue weighted by Gasteiger charge is -2.02. The Morgan fingerprint density at radius 2 is 2.37 bits per heavy atom. The molecule has 0 saturated heterocycles. The topological polar surface area (TPSA) is 58.8 Å². The van der Waals surface area contributed by atoms with Gasteiger partial charge in [-0.1, -0.05) is 13.3 Å². The van der Waals surface area contributed by atoms with E-state index in [9.17, 15) is 4.79 Å². The Labute approximate surface area is 116 Å². The van der Waals surface area contributed by atoms with E-state index in [-0.39, 0.29) is 5.91 Å². The molecule has 0 spiro atoms. The van der Waals surface area contributed by atoms with Crippen LogP contribution in [-0.2, 0) is 0 Å². The number of hydrogen-bond donors (Lipinski definition) is 1. The van der Waals surface area contributed by atoms with Crippen molar-refractivity contribution in [3.63, 3.8) is 0 Å². The molecule has 0 unspecified atom stereocenters. The van der Waals surface area contributed by atoms with E-state index in [2.05, 4.69) is 22.4 Å². The maximum Gasteiger partial charge on any atom is 0.290 e. The third-order valence-electron chi connectivity index (χ3n) is 2.89. The van der Waals surface area contributed by atoms with E-state index < -0.39 is 0 Å². The molecule has 19 heavy (non-hydrogen) atoms. The van der Waals surface area contributed by atoms with Gasteiger partial charge in [0.05, 0.1) is 5.69 Å². The first-order valence-electron chi connectivity index (χ1n) is 6.39. The predicted octanol–water partition coefficient (Wildman–Crippen LogP) is 3.00. The Morgan fingerprint density at radius 3 is 3.11 bits per heavy atom. The Kier molecular flexibility index (Phi) is 4.31. The highest BCUT2D eigenvalue weighted by molar-refractivity contribution is 7.15. The van der Waals surface area contributed by atoms with Crippen molar-refractivity contribution in [1.29, 1.82) is 0 Å². The van der Waals surface area contributed by atoms with Crippen molar-refractivity contribution in [2.45, 2.75) is 40.0 Å². The van der Waals surface area contributed by atoms with Crippen molar-refractivity contribution in [1.82, 2.24) is 14.8 Å². The number of aromatic nitrogens is 2. The predicted molar refractivity (Wildman–Crippen MR) is 77.9 cm³/mol. The molecule has 2 aromatic heterocycles. The van der Waals surface area contributed by atoms with Crippen LogP contribution in [0.15, 0.2) is 16.7 Å². The first kappa shape index (κ1) is 13.7. The van der Waals surface area contributed by atoms with E-state index in [1.165, 1.54) is 11.3 Å². The number of hydrogen-bond acceptors (Lipinski definition) is 4. The lowest BCUT2D eigenvalue weighted by molar-refractivity contribution is 0.0948. The highest BCUT2D eigenvalue weighted by Crippen LogP contribution is 2.16. The number of imidazole rings is 1. The van der Waals surface area contributed by atoms with Crippen molar-refractivity contribution >= 4 is 27.9 Å². The molecule has 0 radical (unpaired) electrons. The minimum atomic E-state index is -0.209. The fraction of sp³-hybridized carbons (Fsp3) is 0.462. The molecule has 6 heteroatoms. The van der Waals surface area contributed by atoms with Crippen LogP contribution >= 0.6 is 11.3 Å². The largest absolute Gasteiger partial charge is 0.290 e. The van der Waals surface area contributed by atoms with Gasteiger partial charge in [-0.25, -0.2) is 10.4 Å². The molecule has 0 saturated carbocycles. The number of hydrazone groups is 1. The lowest BCUT2D eigenvalue weighted by Crippen LogP contribution is -2.21. The summed E-state index contributed by atoms with van der Waals surface area (Å²) < 4.78 is 1.80. The number of carbonyl (C=O) groups excluding carboxylic acids is 1. The first-order valence-corrected chi connectivity index (χ1v) is 7.27. The molecule has 0 bridgehead atoms. The van der Waals surface area contributed by atoms with Crippen LogP contribution in [-0.4, -0.2) is 21.0 Å². The number of nitrogens with one attached hydrogen (secondary N) is 1. The first-order chi connectivity index (χ1) is 9.13. The quantitative estimate of drug-likeness (QED) is 0.675. The zero-order valence-corrected chi connectivity index (χ0v) is 12.3. The average Bonchev–Trinajstić information content (AvgIpc) is 2.93. The van der Waals surface area contributed by atoms with Crippen molar-refractivity contribution in [3.8, 4) is 0 Å². The number of aryl methyl sites for hydroxylation is 1. The van der Waals surface area contributed by atoms with Gasteiger partial charge in [0, 0.05) is 17.3 Å². The van der Waals surface area contributed by atoms with Crippen molar-refractivity contribution < 1.29 is 4.79 Å². The molecule has 0 aliphatic carbocycles.